The van der Waals surface area contributed by atoms with Gasteiger partial charge in [0.25, 0.3) is 0 Å². The van der Waals surface area contributed by atoms with Crippen LogP contribution in [-0.4, -0.2) is 19.9 Å². The predicted molar refractivity (Wildman–Crippen MR) is 85.7 cm³/mol. The Hall–Kier alpha value is -2.07. The minimum Gasteiger partial charge on any atom is -0.286 e. The van der Waals surface area contributed by atoms with Crippen molar-refractivity contribution in [3.63, 3.8) is 0 Å². The molecule has 0 aliphatic rings. The molecule has 3 aromatic rings. The molecule has 3 rings (SSSR count). The van der Waals surface area contributed by atoms with E-state index in [0.717, 1.165) is 36.7 Å². The molecule has 0 saturated heterocycles. The van der Waals surface area contributed by atoms with Crippen LogP contribution >= 0.6 is 0 Å². The molecule has 1 radical (unpaired) electrons. The average molecular weight is 354 g/mol. The van der Waals surface area contributed by atoms with Crippen molar-refractivity contribution in [1.29, 1.82) is 0 Å². The summed E-state index contributed by atoms with van der Waals surface area (Å²) in [4.78, 5) is 15.6. The predicted octanol–water partition coefficient (Wildman–Crippen LogP) is 3.07. The zero-order chi connectivity index (χ0) is 15.0. The Balaban J connectivity index is 0.00000192. The maximum atomic E-state index is 4.42. The van der Waals surface area contributed by atoms with Crippen molar-refractivity contribution in [1.82, 2.24) is 19.9 Å². The van der Waals surface area contributed by atoms with Crippen LogP contribution < -0.4 is 0 Å². The monoisotopic (exact) mass is 353 g/mol. The number of pyridine rings is 3. The molecule has 3 heterocycles. The topological polar surface area (TPSA) is 41.9 Å². The van der Waals surface area contributed by atoms with E-state index in [-0.39, 0.29) is 17.1 Å². The number of hydrogen-bond acceptors (Lipinski definition) is 4. The third-order valence-corrected chi connectivity index (χ3v) is 3.34. The summed E-state index contributed by atoms with van der Waals surface area (Å²) in [6, 6.07) is 18.0. The van der Waals surface area contributed by atoms with Crippen molar-refractivity contribution in [2.75, 3.05) is 0 Å². The third kappa shape index (κ3) is 5.57. The van der Waals surface area contributed by atoms with E-state index >= 15 is 0 Å². The summed E-state index contributed by atoms with van der Waals surface area (Å²) in [6.45, 7) is 2.32. The van der Waals surface area contributed by atoms with Crippen LogP contribution in [0, 0.1) is 0 Å². The molecule has 0 bridgehead atoms. The van der Waals surface area contributed by atoms with E-state index in [4.69, 9.17) is 0 Å². The van der Waals surface area contributed by atoms with E-state index in [1.165, 1.54) is 0 Å². The smallest absolute Gasteiger partial charge is 0.0544 e. The molecule has 0 unspecified atom stereocenters. The first-order valence-electron chi connectivity index (χ1n) is 7.32. The molecule has 0 fully saturated rings. The second kappa shape index (κ2) is 9.15. The standard InChI is InChI=1S/C18H18N4.Cu/c1-4-10-19-16(7-1)13-22(14-17-8-2-5-11-20-17)15-18-9-3-6-12-21-18;/h1-12H,13-15H2;. The van der Waals surface area contributed by atoms with E-state index in [9.17, 15) is 0 Å². The van der Waals surface area contributed by atoms with Crippen molar-refractivity contribution in [2.24, 2.45) is 0 Å². The molecule has 0 aliphatic heterocycles. The first-order valence-corrected chi connectivity index (χ1v) is 7.32. The van der Waals surface area contributed by atoms with Crippen molar-refractivity contribution in [2.45, 2.75) is 19.6 Å². The van der Waals surface area contributed by atoms with E-state index in [1.807, 2.05) is 73.2 Å². The van der Waals surface area contributed by atoms with Gasteiger partial charge in [-0.2, -0.15) is 0 Å². The van der Waals surface area contributed by atoms with Crippen molar-refractivity contribution >= 4 is 0 Å². The van der Waals surface area contributed by atoms with Gasteiger partial charge in [0.1, 0.15) is 0 Å². The summed E-state index contributed by atoms with van der Waals surface area (Å²) in [7, 11) is 0. The Morgan fingerprint density at radius 2 is 0.913 bits per heavy atom. The molecule has 121 valence electrons. The molecule has 0 N–H and O–H groups in total. The Morgan fingerprint density at radius 1 is 0.565 bits per heavy atom. The molecule has 0 amide bonds. The van der Waals surface area contributed by atoms with Crippen LogP contribution in [-0.2, 0) is 36.7 Å². The summed E-state index contributed by atoms with van der Waals surface area (Å²) < 4.78 is 0. The Kier molecular flexibility index (Phi) is 6.88. The van der Waals surface area contributed by atoms with Crippen molar-refractivity contribution in [3.8, 4) is 0 Å². The number of aromatic nitrogens is 3. The maximum Gasteiger partial charge on any atom is 0.0544 e. The fourth-order valence-electron chi connectivity index (χ4n) is 2.33. The minimum atomic E-state index is 0. The van der Waals surface area contributed by atoms with Gasteiger partial charge in [0, 0.05) is 55.3 Å². The van der Waals surface area contributed by atoms with Crippen LogP contribution in [0.15, 0.2) is 73.2 Å². The first-order chi connectivity index (χ1) is 10.9. The van der Waals surface area contributed by atoms with Gasteiger partial charge < -0.3 is 0 Å². The van der Waals surface area contributed by atoms with E-state index in [1.54, 1.807) is 0 Å². The number of hydrogen-bond donors (Lipinski definition) is 0. The van der Waals surface area contributed by atoms with Crippen LogP contribution in [0.25, 0.3) is 0 Å². The molecule has 0 atom stereocenters. The SMILES string of the molecule is [Cu].c1ccc(CN(Cc2ccccn2)Cc2ccccn2)nc1. The fraction of sp³-hybridized carbons (Fsp3) is 0.167. The van der Waals surface area contributed by atoms with Gasteiger partial charge in [0.05, 0.1) is 17.1 Å². The summed E-state index contributed by atoms with van der Waals surface area (Å²) >= 11 is 0. The van der Waals surface area contributed by atoms with Gasteiger partial charge in [-0.3, -0.25) is 19.9 Å². The van der Waals surface area contributed by atoms with E-state index < -0.39 is 0 Å². The van der Waals surface area contributed by atoms with Gasteiger partial charge in [-0.25, -0.2) is 0 Å². The van der Waals surface area contributed by atoms with Crippen LogP contribution in [0.1, 0.15) is 17.1 Å². The molecule has 23 heavy (non-hydrogen) atoms. The zero-order valence-corrected chi connectivity index (χ0v) is 13.6. The summed E-state index contributed by atoms with van der Waals surface area (Å²) in [5.41, 5.74) is 3.15. The van der Waals surface area contributed by atoms with Gasteiger partial charge in [0.2, 0.25) is 0 Å². The Bertz CT molecular complexity index is 578. The van der Waals surface area contributed by atoms with Crippen LogP contribution in [0.3, 0.4) is 0 Å². The normalized spacial score (nSPS) is 10.3. The van der Waals surface area contributed by atoms with E-state index in [2.05, 4.69) is 19.9 Å². The minimum absolute atomic E-state index is 0. The van der Waals surface area contributed by atoms with Crippen molar-refractivity contribution < 1.29 is 17.1 Å². The molecular formula is C18H18CuN4. The molecular weight excluding hydrogens is 336 g/mol. The van der Waals surface area contributed by atoms with Gasteiger partial charge in [0.15, 0.2) is 0 Å². The van der Waals surface area contributed by atoms with Crippen molar-refractivity contribution in [3.05, 3.63) is 90.3 Å². The Labute approximate surface area is 147 Å². The third-order valence-electron chi connectivity index (χ3n) is 3.34. The van der Waals surface area contributed by atoms with Crippen LogP contribution in [0.4, 0.5) is 0 Å². The molecule has 0 aromatic carbocycles. The first kappa shape index (κ1) is 17.3. The molecule has 5 heteroatoms. The molecule has 3 aromatic heterocycles. The van der Waals surface area contributed by atoms with Gasteiger partial charge in [-0.05, 0) is 36.4 Å². The average Bonchev–Trinajstić information content (AvgIpc) is 2.57. The molecule has 0 spiro atoms. The second-order valence-electron chi connectivity index (χ2n) is 5.11. The van der Waals surface area contributed by atoms with Gasteiger partial charge >= 0.3 is 0 Å². The van der Waals surface area contributed by atoms with Crippen LogP contribution in [0.2, 0.25) is 0 Å². The number of nitrogens with zero attached hydrogens (tertiary/aromatic N) is 4. The Morgan fingerprint density at radius 3 is 1.17 bits per heavy atom. The second-order valence-corrected chi connectivity index (χ2v) is 5.11. The van der Waals surface area contributed by atoms with Gasteiger partial charge in [-0.1, -0.05) is 18.2 Å². The quantitative estimate of drug-likeness (QED) is 0.639. The zero-order valence-electron chi connectivity index (χ0n) is 12.6. The van der Waals surface area contributed by atoms with Gasteiger partial charge in [-0.15, -0.1) is 0 Å². The summed E-state index contributed by atoms with van der Waals surface area (Å²) in [5, 5.41) is 0. The molecule has 0 aliphatic carbocycles. The number of rotatable bonds is 6. The molecule has 4 nitrogen and oxygen atoms in total. The fourth-order valence-corrected chi connectivity index (χ4v) is 2.33. The van der Waals surface area contributed by atoms with Crippen LogP contribution in [0.5, 0.6) is 0 Å². The largest absolute Gasteiger partial charge is 0.286 e. The molecule has 0 saturated carbocycles. The van der Waals surface area contributed by atoms with E-state index in [0.29, 0.717) is 0 Å². The maximum absolute atomic E-state index is 4.42. The summed E-state index contributed by atoms with van der Waals surface area (Å²) in [5.74, 6) is 0. The summed E-state index contributed by atoms with van der Waals surface area (Å²) in [6.07, 6.45) is 5.49.